The lowest BCUT2D eigenvalue weighted by Gasteiger charge is -2.55. The van der Waals surface area contributed by atoms with Crippen LogP contribution >= 0.6 is 31.9 Å². The van der Waals surface area contributed by atoms with Crippen LogP contribution in [0.3, 0.4) is 0 Å². The summed E-state index contributed by atoms with van der Waals surface area (Å²) in [6.07, 6.45) is 1.75. The molecular formula is C66H69BBr2O4Si3. The Morgan fingerprint density at radius 3 is 0.868 bits per heavy atom. The Morgan fingerprint density at radius 2 is 0.618 bits per heavy atom. The van der Waals surface area contributed by atoms with E-state index in [0.29, 0.717) is 5.46 Å². The second-order valence-electron chi connectivity index (χ2n) is 22.0. The molecule has 76 heavy (non-hydrogen) atoms. The van der Waals surface area contributed by atoms with Gasteiger partial charge in [-0.1, -0.05) is 299 Å². The molecule has 2 N–H and O–H groups in total. The van der Waals surface area contributed by atoms with Gasteiger partial charge in [0, 0.05) is 8.95 Å². The average Bonchev–Trinajstić information content (AvgIpc) is 3.44. The van der Waals surface area contributed by atoms with E-state index >= 15 is 0 Å². The van der Waals surface area contributed by atoms with Crippen molar-refractivity contribution < 1.29 is 18.6 Å². The molecule has 0 radical (unpaired) electrons. The van der Waals surface area contributed by atoms with Crippen LogP contribution in [0, 0.1) is 0 Å². The quantitative estimate of drug-likeness (QED) is 0.0892. The summed E-state index contributed by atoms with van der Waals surface area (Å²) in [6, 6.07) is 90.3. The molecule has 10 heteroatoms. The number of hydrogen-bond acceptors (Lipinski definition) is 4. The lowest BCUT2D eigenvalue weighted by Crippen LogP contribution is -2.79. The minimum atomic E-state index is -3.17. The van der Waals surface area contributed by atoms with Crippen molar-refractivity contribution in [2.75, 3.05) is 0 Å². The highest BCUT2D eigenvalue weighted by Crippen LogP contribution is 2.48. The van der Waals surface area contributed by atoms with Crippen molar-refractivity contribution in [1.82, 2.24) is 0 Å². The van der Waals surface area contributed by atoms with Gasteiger partial charge in [-0.25, -0.2) is 0 Å². The summed E-state index contributed by atoms with van der Waals surface area (Å²) in [4.78, 5) is 0. The second kappa shape index (κ2) is 24.3. The van der Waals surface area contributed by atoms with Gasteiger partial charge in [-0.05, 0) is 112 Å². The third kappa shape index (κ3) is 12.1. The lowest BCUT2D eigenvalue weighted by molar-refractivity contribution is 0.425. The molecular weight excluding hydrogens is 1110 g/mol. The van der Waals surface area contributed by atoms with Crippen molar-refractivity contribution in [3.8, 4) is 5.75 Å². The number of hydrogen-bond donors (Lipinski definition) is 2. The van der Waals surface area contributed by atoms with E-state index in [4.69, 9.17) is 8.54 Å². The van der Waals surface area contributed by atoms with E-state index in [1.165, 1.54) is 42.2 Å². The molecule has 0 heterocycles. The van der Waals surface area contributed by atoms with E-state index in [9.17, 15) is 10.0 Å². The highest BCUT2D eigenvalue weighted by atomic mass is 79.9. The molecule has 0 saturated heterocycles. The summed E-state index contributed by atoms with van der Waals surface area (Å²) in [5.41, 5.74) is 3.06. The van der Waals surface area contributed by atoms with Gasteiger partial charge in [0.2, 0.25) is 0 Å². The minimum Gasteiger partial charge on any atom is -0.534 e. The van der Waals surface area contributed by atoms with Gasteiger partial charge < -0.3 is 18.6 Å². The van der Waals surface area contributed by atoms with Gasteiger partial charge in [-0.3, -0.25) is 0 Å². The first-order valence-electron chi connectivity index (χ1n) is 26.1. The van der Waals surface area contributed by atoms with Crippen molar-refractivity contribution in [2.45, 2.75) is 76.4 Å². The first-order chi connectivity index (χ1) is 36.4. The van der Waals surface area contributed by atoms with Crippen molar-refractivity contribution in [3.63, 3.8) is 0 Å². The summed E-state index contributed by atoms with van der Waals surface area (Å²) in [6.45, 7) is 16.5. The predicted molar refractivity (Wildman–Crippen MR) is 335 cm³/mol. The molecule has 0 spiro atoms. The normalized spacial score (nSPS) is 12.3. The van der Waals surface area contributed by atoms with E-state index in [-0.39, 0.29) is 15.1 Å². The van der Waals surface area contributed by atoms with E-state index in [0.717, 1.165) is 27.5 Å². The van der Waals surface area contributed by atoms with Crippen molar-refractivity contribution in [3.05, 3.63) is 275 Å². The molecule has 0 aromatic heterocycles. The Balaban J connectivity index is 0.000000239. The van der Waals surface area contributed by atoms with Crippen LogP contribution in [0.25, 0.3) is 0 Å². The molecule has 0 atom stereocenters. The van der Waals surface area contributed by atoms with Crippen molar-refractivity contribution >= 4 is 101 Å². The molecule has 0 aliphatic heterocycles. The molecule has 0 aliphatic rings. The fourth-order valence-electron chi connectivity index (χ4n) is 11.3. The van der Waals surface area contributed by atoms with Crippen LogP contribution in [0.2, 0.25) is 15.1 Å². The SMILES string of the molecule is CC(C)(C)[Si](Oc1ccc(B(O)O)cc1)(c1ccccc1)c1ccccc1.CC(C)(Cc1ccc(Br)cc1)[Si](O[Si](c1ccccc1)(c1ccccc1)C(C)(C)Cc1ccc(Br)cc1)(c1ccccc1)c1ccccc1. The van der Waals surface area contributed by atoms with Crippen LogP contribution in [0.15, 0.2) is 264 Å². The predicted octanol–water partition coefficient (Wildman–Crippen LogP) is 12.4. The summed E-state index contributed by atoms with van der Waals surface area (Å²) in [5.74, 6) is 0.730. The molecule has 9 aromatic carbocycles. The zero-order valence-corrected chi connectivity index (χ0v) is 50.9. The van der Waals surface area contributed by atoms with E-state index in [2.05, 4.69) is 299 Å². The van der Waals surface area contributed by atoms with Crippen LogP contribution in [-0.4, -0.2) is 42.1 Å². The van der Waals surface area contributed by atoms with E-state index < -0.39 is 32.1 Å². The molecule has 9 aromatic rings. The summed E-state index contributed by atoms with van der Waals surface area (Å²) < 4.78 is 17.8. The zero-order valence-electron chi connectivity index (χ0n) is 44.7. The van der Waals surface area contributed by atoms with Gasteiger partial charge in [-0.15, -0.1) is 0 Å². The lowest BCUT2D eigenvalue weighted by atomic mass is 9.80. The highest BCUT2D eigenvalue weighted by molar-refractivity contribution is 9.10. The van der Waals surface area contributed by atoms with Gasteiger partial charge in [0.15, 0.2) is 0 Å². The van der Waals surface area contributed by atoms with E-state index in [1.807, 2.05) is 24.3 Å². The standard InChI is InChI=1S/C44H44Br2OSi2.C22H25BO3Si/c1-43(2,33-35-25-29-37(45)30-26-35)48(39-17-9-5-10-18-39,40-19-11-6-12-20-40)47-49(41-21-13-7-14-22-41,42-23-15-8-16-24-42)44(3,4)34-36-27-31-38(46)32-28-36;1-22(2,3)27(20-10-6-4-7-11-20,21-12-8-5-9-13-21)26-19-16-14-18(15-17-19)23(24)25/h5-32H,33-34H2,1-4H3;4-17,24-25H,1-3H3. The Morgan fingerprint density at radius 1 is 0.355 bits per heavy atom. The van der Waals surface area contributed by atoms with Gasteiger partial charge >= 0.3 is 15.4 Å². The molecule has 0 unspecified atom stereocenters. The fraction of sp³-hybridized carbons (Fsp3) is 0.182. The smallest absolute Gasteiger partial charge is 0.488 e. The Labute approximate surface area is 472 Å². The first-order valence-corrected chi connectivity index (χ1v) is 33.4. The number of rotatable bonds is 17. The molecule has 0 aliphatic carbocycles. The van der Waals surface area contributed by atoms with Gasteiger partial charge in [0.1, 0.15) is 5.75 Å². The second-order valence-corrected chi connectivity index (χ2v) is 36.6. The van der Waals surface area contributed by atoms with Crippen molar-refractivity contribution in [2.24, 2.45) is 0 Å². The maximum atomic E-state index is 9.36. The minimum absolute atomic E-state index is 0.120. The third-order valence-corrected chi connectivity index (χ3v) is 32.1. The summed E-state index contributed by atoms with van der Waals surface area (Å²) in [7, 11) is -10.5. The van der Waals surface area contributed by atoms with Gasteiger partial charge in [0.05, 0.1) is 0 Å². The molecule has 0 bridgehead atoms. The topological polar surface area (TPSA) is 58.9 Å². The van der Waals surface area contributed by atoms with Crippen LogP contribution in [0.4, 0.5) is 0 Å². The molecule has 4 nitrogen and oxygen atoms in total. The van der Waals surface area contributed by atoms with E-state index in [1.54, 1.807) is 12.1 Å². The molecule has 0 fully saturated rings. The summed E-state index contributed by atoms with van der Waals surface area (Å²) >= 11 is 7.34. The fourth-order valence-corrected chi connectivity index (χ4v) is 29.6. The number of benzene rings is 9. The number of halogens is 2. The zero-order chi connectivity index (χ0) is 54.0. The monoisotopic (exact) mass is 1180 g/mol. The maximum Gasteiger partial charge on any atom is 0.488 e. The average molecular weight is 1180 g/mol. The first kappa shape index (κ1) is 56.5. The van der Waals surface area contributed by atoms with Crippen LogP contribution in [0.1, 0.15) is 59.6 Å². The molecule has 0 amide bonds. The van der Waals surface area contributed by atoms with Crippen molar-refractivity contribution in [1.29, 1.82) is 0 Å². The maximum absolute atomic E-state index is 9.36. The summed E-state index contributed by atoms with van der Waals surface area (Å²) in [5, 5.41) is 25.7. The molecule has 9 rings (SSSR count). The Hall–Kier alpha value is -5.66. The Bertz CT molecular complexity index is 2940. The van der Waals surface area contributed by atoms with Crippen LogP contribution in [0.5, 0.6) is 5.75 Å². The highest BCUT2D eigenvalue weighted by Gasteiger charge is 2.62. The Kier molecular flexibility index (Phi) is 18.1. The van der Waals surface area contributed by atoms with Crippen LogP contribution < -0.4 is 41.0 Å². The third-order valence-electron chi connectivity index (χ3n) is 14.9. The van der Waals surface area contributed by atoms with Gasteiger partial charge in [0.25, 0.3) is 16.6 Å². The van der Waals surface area contributed by atoms with Crippen LogP contribution in [-0.2, 0) is 17.0 Å². The molecule has 386 valence electrons. The molecule has 0 saturated carbocycles. The van der Waals surface area contributed by atoms with Gasteiger partial charge in [-0.2, -0.15) is 0 Å². The largest absolute Gasteiger partial charge is 0.534 e.